The number of hydrogen-bond acceptors (Lipinski definition) is 2. The highest BCUT2D eigenvalue weighted by Gasteiger charge is 2.51. The second kappa shape index (κ2) is 7.12. The Balaban J connectivity index is 1.33. The lowest BCUT2D eigenvalue weighted by molar-refractivity contribution is -0.123. The van der Waals surface area contributed by atoms with Crippen molar-refractivity contribution in [3.05, 3.63) is 64.7 Å². The minimum Gasteiger partial charge on any atom is -0.371 e. The molecule has 1 aliphatic heterocycles. The van der Waals surface area contributed by atoms with Crippen molar-refractivity contribution in [2.45, 2.75) is 24.7 Å². The molecule has 2 aromatic rings. The standard InChI is InChI=1S/C21H21ClF2N2O/c22-16-3-1-15(2-4-16)21(8-9-21)20(27)25-12-14-7-10-26(13-14)17-5-6-18(23)19(24)11-17/h1-6,11,14H,7-10,12-13H2,(H,25,27). The third-order valence-electron chi connectivity index (χ3n) is 5.69. The summed E-state index contributed by atoms with van der Waals surface area (Å²) in [5.74, 6) is -1.30. The van der Waals surface area contributed by atoms with E-state index in [9.17, 15) is 13.6 Å². The van der Waals surface area contributed by atoms with Crippen LogP contribution in [0.2, 0.25) is 5.02 Å². The molecule has 1 saturated carbocycles. The van der Waals surface area contributed by atoms with Gasteiger partial charge in [-0.05, 0) is 55.0 Å². The van der Waals surface area contributed by atoms with Gasteiger partial charge in [-0.15, -0.1) is 0 Å². The van der Waals surface area contributed by atoms with Gasteiger partial charge in [0.1, 0.15) is 0 Å². The quantitative estimate of drug-likeness (QED) is 0.825. The fourth-order valence-corrected chi connectivity index (χ4v) is 3.99. The molecule has 4 rings (SSSR count). The Bertz CT molecular complexity index is 852. The number of rotatable bonds is 5. The summed E-state index contributed by atoms with van der Waals surface area (Å²) in [4.78, 5) is 14.8. The number of amides is 1. The van der Waals surface area contributed by atoms with Crippen molar-refractivity contribution >= 4 is 23.2 Å². The second-order valence-electron chi connectivity index (χ2n) is 7.50. The molecule has 2 aliphatic rings. The SMILES string of the molecule is O=C(NCC1CCN(c2ccc(F)c(F)c2)C1)C1(c2ccc(Cl)cc2)CC1. The van der Waals surface area contributed by atoms with Crippen molar-refractivity contribution in [2.24, 2.45) is 5.92 Å². The number of nitrogens with zero attached hydrogens (tertiary/aromatic N) is 1. The Hall–Kier alpha value is -2.14. The highest BCUT2D eigenvalue weighted by molar-refractivity contribution is 6.30. The van der Waals surface area contributed by atoms with Gasteiger partial charge in [-0.2, -0.15) is 0 Å². The molecule has 2 fully saturated rings. The lowest BCUT2D eigenvalue weighted by atomic mass is 9.94. The van der Waals surface area contributed by atoms with E-state index in [-0.39, 0.29) is 5.91 Å². The lowest BCUT2D eigenvalue weighted by Crippen LogP contribution is -2.38. The summed E-state index contributed by atoms with van der Waals surface area (Å²) in [5.41, 5.74) is 1.28. The largest absolute Gasteiger partial charge is 0.371 e. The van der Waals surface area contributed by atoms with Crippen molar-refractivity contribution in [3.8, 4) is 0 Å². The number of benzene rings is 2. The van der Waals surface area contributed by atoms with Crippen LogP contribution in [-0.2, 0) is 10.2 Å². The van der Waals surface area contributed by atoms with Crippen molar-refractivity contribution in [1.29, 1.82) is 0 Å². The van der Waals surface area contributed by atoms with Gasteiger partial charge in [-0.3, -0.25) is 4.79 Å². The molecular weight excluding hydrogens is 370 g/mol. The van der Waals surface area contributed by atoms with Crippen LogP contribution in [0, 0.1) is 17.6 Å². The average Bonchev–Trinajstić information content (AvgIpc) is 3.34. The number of carbonyl (C=O) groups excluding carboxylic acids is 1. The van der Waals surface area contributed by atoms with Crippen molar-refractivity contribution in [1.82, 2.24) is 5.32 Å². The first-order valence-electron chi connectivity index (χ1n) is 9.22. The zero-order chi connectivity index (χ0) is 19.0. The maximum absolute atomic E-state index is 13.4. The van der Waals surface area contributed by atoms with E-state index in [0.717, 1.165) is 44.0 Å². The summed E-state index contributed by atoms with van der Waals surface area (Å²) >= 11 is 5.94. The van der Waals surface area contributed by atoms with E-state index in [1.54, 1.807) is 6.07 Å². The van der Waals surface area contributed by atoms with Crippen LogP contribution in [0.25, 0.3) is 0 Å². The van der Waals surface area contributed by atoms with E-state index in [1.165, 1.54) is 6.07 Å². The van der Waals surface area contributed by atoms with Gasteiger partial charge >= 0.3 is 0 Å². The monoisotopic (exact) mass is 390 g/mol. The Kier molecular flexibility index (Phi) is 4.81. The van der Waals surface area contributed by atoms with Crippen LogP contribution in [0.15, 0.2) is 42.5 Å². The van der Waals surface area contributed by atoms with Gasteiger partial charge in [0.05, 0.1) is 5.41 Å². The van der Waals surface area contributed by atoms with E-state index < -0.39 is 17.0 Å². The normalized spacial score (nSPS) is 20.6. The van der Waals surface area contributed by atoms with Gasteiger partial charge in [0.25, 0.3) is 0 Å². The molecule has 1 amide bonds. The van der Waals surface area contributed by atoms with Crippen LogP contribution >= 0.6 is 11.6 Å². The van der Waals surface area contributed by atoms with Crippen LogP contribution in [0.3, 0.4) is 0 Å². The van der Waals surface area contributed by atoms with Crippen LogP contribution in [0.4, 0.5) is 14.5 Å². The summed E-state index contributed by atoms with van der Waals surface area (Å²) in [6, 6.07) is 11.5. The topological polar surface area (TPSA) is 32.3 Å². The van der Waals surface area contributed by atoms with Gasteiger partial charge in [0.2, 0.25) is 5.91 Å². The Labute approximate surface area is 162 Å². The maximum atomic E-state index is 13.4. The fourth-order valence-electron chi connectivity index (χ4n) is 3.86. The first-order valence-corrected chi connectivity index (χ1v) is 9.60. The van der Waals surface area contributed by atoms with E-state index >= 15 is 0 Å². The zero-order valence-corrected chi connectivity index (χ0v) is 15.6. The molecule has 0 aromatic heterocycles. The minimum absolute atomic E-state index is 0.0658. The average molecular weight is 391 g/mol. The molecule has 142 valence electrons. The van der Waals surface area contributed by atoms with Gasteiger partial charge in [-0.25, -0.2) is 8.78 Å². The molecule has 1 atom stereocenters. The molecule has 27 heavy (non-hydrogen) atoms. The minimum atomic E-state index is -0.835. The first-order chi connectivity index (χ1) is 13.0. The number of halogens is 3. The highest BCUT2D eigenvalue weighted by Crippen LogP contribution is 2.48. The summed E-state index contributed by atoms with van der Waals surface area (Å²) in [6.07, 6.45) is 2.62. The molecule has 1 N–H and O–H groups in total. The molecule has 0 spiro atoms. The van der Waals surface area contributed by atoms with Crippen LogP contribution in [-0.4, -0.2) is 25.5 Å². The molecule has 2 aromatic carbocycles. The summed E-state index contributed by atoms with van der Waals surface area (Å²) in [5, 5.41) is 3.77. The van der Waals surface area contributed by atoms with Crippen LogP contribution in [0.1, 0.15) is 24.8 Å². The van der Waals surface area contributed by atoms with Gasteiger partial charge < -0.3 is 10.2 Å². The predicted octanol–water partition coefficient (Wildman–Crippen LogP) is 4.29. The maximum Gasteiger partial charge on any atom is 0.230 e. The van der Waals surface area contributed by atoms with Crippen LogP contribution < -0.4 is 10.2 Å². The summed E-state index contributed by atoms with van der Waals surface area (Å²) in [7, 11) is 0. The van der Waals surface area contributed by atoms with Crippen molar-refractivity contribution < 1.29 is 13.6 Å². The number of anilines is 1. The van der Waals surface area contributed by atoms with Gasteiger partial charge in [0, 0.05) is 36.4 Å². The van der Waals surface area contributed by atoms with Crippen molar-refractivity contribution in [3.63, 3.8) is 0 Å². The second-order valence-corrected chi connectivity index (χ2v) is 7.93. The Morgan fingerprint density at radius 2 is 1.89 bits per heavy atom. The van der Waals surface area contributed by atoms with Crippen LogP contribution in [0.5, 0.6) is 0 Å². The molecular formula is C21H21ClF2N2O. The molecule has 1 unspecified atom stereocenters. The molecule has 0 bridgehead atoms. The van der Waals surface area contributed by atoms with Gasteiger partial charge in [-0.1, -0.05) is 23.7 Å². The Morgan fingerprint density at radius 3 is 2.56 bits per heavy atom. The molecule has 1 aliphatic carbocycles. The first kappa shape index (κ1) is 18.2. The molecule has 3 nitrogen and oxygen atoms in total. The summed E-state index contributed by atoms with van der Waals surface area (Å²) < 4.78 is 26.5. The van der Waals surface area contributed by atoms with E-state index in [4.69, 9.17) is 11.6 Å². The van der Waals surface area contributed by atoms with Crippen molar-refractivity contribution in [2.75, 3.05) is 24.5 Å². The molecule has 0 radical (unpaired) electrons. The zero-order valence-electron chi connectivity index (χ0n) is 14.9. The summed E-state index contributed by atoms with van der Waals surface area (Å²) in [6.45, 7) is 2.08. The molecule has 1 saturated heterocycles. The smallest absolute Gasteiger partial charge is 0.230 e. The third-order valence-corrected chi connectivity index (χ3v) is 5.94. The number of hydrogen-bond donors (Lipinski definition) is 1. The molecule has 1 heterocycles. The van der Waals surface area contributed by atoms with Gasteiger partial charge in [0.15, 0.2) is 11.6 Å². The number of carbonyl (C=O) groups is 1. The van der Waals surface area contributed by atoms with E-state index in [2.05, 4.69) is 5.32 Å². The predicted molar refractivity (Wildman–Crippen MR) is 102 cm³/mol. The number of nitrogens with one attached hydrogen (secondary N) is 1. The molecule has 6 heteroatoms. The van der Waals surface area contributed by atoms with E-state index in [1.807, 2.05) is 29.2 Å². The fraction of sp³-hybridized carbons (Fsp3) is 0.381. The van der Waals surface area contributed by atoms with E-state index in [0.29, 0.717) is 23.2 Å². The third kappa shape index (κ3) is 3.65. The highest BCUT2D eigenvalue weighted by atomic mass is 35.5. The lowest BCUT2D eigenvalue weighted by Gasteiger charge is -2.20. The Morgan fingerprint density at radius 1 is 1.15 bits per heavy atom.